The van der Waals surface area contributed by atoms with Gasteiger partial charge in [-0.25, -0.2) is 9.97 Å². The number of hydrogen-bond acceptors (Lipinski definition) is 4. The van der Waals surface area contributed by atoms with Gasteiger partial charge in [0.25, 0.3) is 0 Å². The second-order valence-electron chi connectivity index (χ2n) is 3.91. The number of benzene rings is 1. The lowest BCUT2D eigenvalue weighted by Gasteiger charge is -2.07. The van der Waals surface area contributed by atoms with Crippen LogP contribution in [0.5, 0.6) is 0 Å². The minimum atomic E-state index is -0.365. The minimum absolute atomic E-state index is 0.238. The number of anilines is 1. The summed E-state index contributed by atoms with van der Waals surface area (Å²) in [6, 6.07) is 11.1. The Hall–Kier alpha value is -2.14. The lowest BCUT2D eigenvalue weighted by Crippen LogP contribution is -2.16. The molecule has 0 fully saturated rings. The van der Waals surface area contributed by atoms with Crippen molar-refractivity contribution in [3.8, 4) is 11.4 Å². The Morgan fingerprint density at radius 2 is 2.00 bits per heavy atom. The Labute approximate surface area is 115 Å². The van der Waals surface area contributed by atoms with E-state index in [1.165, 1.54) is 0 Å². The molecule has 6 heteroatoms. The average Bonchev–Trinajstić information content (AvgIpc) is 2.39. The van der Waals surface area contributed by atoms with Crippen molar-refractivity contribution < 1.29 is 4.79 Å². The molecule has 0 unspecified atom stereocenters. The van der Waals surface area contributed by atoms with Crippen LogP contribution in [0.3, 0.4) is 0 Å². The molecule has 0 radical (unpaired) electrons. The van der Waals surface area contributed by atoms with E-state index in [4.69, 9.17) is 17.3 Å². The Bertz CT molecular complexity index is 574. The van der Waals surface area contributed by atoms with E-state index < -0.39 is 0 Å². The first-order valence-corrected chi connectivity index (χ1v) is 6.15. The number of hydrogen-bond donors (Lipinski definition) is 2. The molecule has 1 aromatic carbocycles. The number of nitrogens with one attached hydrogen (secondary N) is 1. The molecule has 0 spiro atoms. The van der Waals surface area contributed by atoms with E-state index in [1.54, 1.807) is 6.07 Å². The SMILES string of the molecule is NC(=O)CCNc1cc(Cl)nc(-c2ccccc2)n1. The normalized spacial score (nSPS) is 10.2. The molecule has 3 N–H and O–H groups in total. The highest BCUT2D eigenvalue weighted by Gasteiger charge is 2.05. The number of halogens is 1. The van der Waals surface area contributed by atoms with Gasteiger partial charge >= 0.3 is 0 Å². The van der Waals surface area contributed by atoms with Crippen LogP contribution >= 0.6 is 11.6 Å². The van der Waals surface area contributed by atoms with Gasteiger partial charge in [0.05, 0.1) is 0 Å². The summed E-state index contributed by atoms with van der Waals surface area (Å²) < 4.78 is 0. The fraction of sp³-hybridized carbons (Fsp3) is 0.154. The van der Waals surface area contributed by atoms with Gasteiger partial charge in [-0.2, -0.15) is 0 Å². The average molecular weight is 277 g/mol. The van der Waals surface area contributed by atoms with E-state index in [2.05, 4.69) is 15.3 Å². The Morgan fingerprint density at radius 1 is 1.26 bits per heavy atom. The van der Waals surface area contributed by atoms with Crippen LogP contribution in [0.2, 0.25) is 5.15 Å². The summed E-state index contributed by atoms with van der Waals surface area (Å²) in [5, 5.41) is 3.33. The van der Waals surface area contributed by atoms with Crippen LogP contribution in [-0.4, -0.2) is 22.4 Å². The summed E-state index contributed by atoms with van der Waals surface area (Å²) in [6.45, 7) is 0.414. The van der Waals surface area contributed by atoms with Crippen molar-refractivity contribution in [3.63, 3.8) is 0 Å². The number of nitrogens with two attached hydrogens (primary N) is 1. The van der Waals surface area contributed by atoms with Crippen molar-refractivity contribution >= 4 is 23.3 Å². The zero-order valence-electron chi connectivity index (χ0n) is 10.1. The minimum Gasteiger partial charge on any atom is -0.370 e. The quantitative estimate of drug-likeness (QED) is 0.820. The molecule has 0 bridgehead atoms. The highest BCUT2D eigenvalue weighted by atomic mass is 35.5. The molecule has 0 aliphatic heterocycles. The molecule has 19 heavy (non-hydrogen) atoms. The molecule has 0 saturated heterocycles. The van der Waals surface area contributed by atoms with Gasteiger partial charge in [-0.3, -0.25) is 4.79 Å². The van der Waals surface area contributed by atoms with Gasteiger partial charge in [0.15, 0.2) is 5.82 Å². The second-order valence-corrected chi connectivity index (χ2v) is 4.30. The molecule has 0 aliphatic carbocycles. The van der Waals surface area contributed by atoms with E-state index >= 15 is 0 Å². The predicted molar refractivity (Wildman–Crippen MR) is 74.8 cm³/mol. The van der Waals surface area contributed by atoms with E-state index in [9.17, 15) is 4.79 Å². The highest BCUT2D eigenvalue weighted by Crippen LogP contribution is 2.19. The smallest absolute Gasteiger partial charge is 0.219 e. The maximum absolute atomic E-state index is 10.7. The number of aromatic nitrogens is 2. The van der Waals surface area contributed by atoms with E-state index in [-0.39, 0.29) is 12.3 Å². The van der Waals surface area contributed by atoms with Gasteiger partial charge in [0.2, 0.25) is 5.91 Å². The molecule has 98 valence electrons. The zero-order valence-corrected chi connectivity index (χ0v) is 10.9. The second kappa shape index (κ2) is 6.15. The molecule has 2 rings (SSSR count). The summed E-state index contributed by atoms with van der Waals surface area (Å²) in [5.74, 6) is 0.741. The number of primary amides is 1. The molecule has 2 aromatic rings. The zero-order chi connectivity index (χ0) is 13.7. The van der Waals surface area contributed by atoms with E-state index in [0.29, 0.717) is 23.3 Å². The van der Waals surface area contributed by atoms with Crippen molar-refractivity contribution in [1.82, 2.24) is 9.97 Å². The molecule has 0 saturated carbocycles. The first-order valence-electron chi connectivity index (χ1n) is 5.77. The third kappa shape index (κ3) is 3.93. The van der Waals surface area contributed by atoms with Crippen molar-refractivity contribution in [2.45, 2.75) is 6.42 Å². The first kappa shape index (κ1) is 13.3. The van der Waals surface area contributed by atoms with Crippen LogP contribution in [0.25, 0.3) is 11.4 Å². The van der Waals surface area contributed by atoms with Crippen molar-refractivity contribution in [3.05, 3.63) is 41.6 Å². The third-order valence-corrected chi connectivity index (χ3v) is 2.60. The van der Waals surface area contributed by atoms with Gasteiger partial charge in [0.1, 0.15) is 11.0 Å². The fourth-order valence-corrected chi connectivity index (χ4v) is 1.72. The fourth-order valence-electron chi connectivity index (χ4n) is 1.54. The van der Waals surface area contributed by atoms with E-state index in [0.717, 1.165) is 5.56 Å². The van der Waals surface area contributed by atoms with Gasteiger partial charge < -0.3 is 11.1 Å². The maximum atomic E-state index is 10.7. The Morgan fingerprint density at radius 3 is 2.68 bits per heavy atom. The summed E-state index contributed by atoms with van der Waals surface area (Å²) in [7, 11) is 0. The molecule has 1 amide bonds. The van der Waals surface area contributed by atoms with Crippen LogP contribution in [-0.2, 0) is 4.79 Å². The standard InChI is InChI=1S/C13H13ClN4O/c14-10-8-12(16-7-6-11(15)19)18-13(17-10)9-4-2-1-3-5-9/h1-5,8H,6-7H2,(H2,15,19)(H,16,17,18). The summed E-state index contributed by atoms with van der Waals surface area (Å²) in [6.07, 6.45) is 0.238. The number of amides is 1. The van der Waals surface area contributed by atoms with Crippen molar-refractivity contribution in [2.24, 2.45) is 5.73 Å². The number of nitrogens with zero attached hydrogens (tertiary/aromatic N) is 2. The molecule has 5 nitrogen and oxygen atoms in total. The van der Waals surface area contributed by atoms with Crippen LogP contribution in [0.4, 0.5) is 5.82 Å². The third-order valence-electron chi connectivity index (χ3n) is 2.40. The summed E-state index contributed by atoms with van der Waals surface area (Å²) in [4.78, 5) is 19.2. The van der Waals surface area contributed by atoms with Gasteiger partial charge in [0, 0.05) is 24.6 Å². The van der Waals surface area contributed by atoms with Gasteiger partial charge in [-0.05, 0) is 0 Å². The maximum Gasteiger partial charge on any atom is 0.219 e. The van der Waals surface area contributed by atoms with Crippen molar-refractivity contribution in [2.75, 3.05) is 11.9 Å². The van der Waals surface area contributed by atoms with Crippen LogP contribution in [0, 0.1) is 0 Å². The predicted octanol–water partition coefficient (Wildman–Crippen LogP) is 2.08. The molecular weight excluding hydrogens is 264 g/mol. The van der Waals surface area contributed by atoms with Gasteiger partial charge in [-0.1, -0.05) is 41.9 Å². The van der Waals surface area contributed by atoms with Crippen LogP contribution < -0.4 is 11.1 Å². The van der Waals surface area contributed by atoms with E-state index in [1.807, 2.05) is 30.3 Å². The lowest BCUT2D eigenvalue weighted by atomic mass is 10.2. The molecular formula is C13H13ClN4O. The largest absolute Gasteiger partial charge is 0.370 e. The number of carbonyl (C=O) groups is 1. The summed E-state index contributed by atoms with van der Waals surface area (Å²) >= 11 is 5.96. The Kier molecular flexibility index (Phi) is 4.30. The van der Waals surface area contributed by atoms with Crippen LogP contribution in [0.1, 0.15) is 6.42 Å². The van der Waals surface area contributed by atoms with Crippen molar-refractivity contribution in [1.29, 1.82) is 0 Å². The highest BCUT2D eigenvalue weighted by molar-refractivity contribution is 6.29. The monoisotopic (exact) mass is 276 g/mol. The number of rotatable bonds is 5. The number of carbonyl (C=O) groups excluding carboxylic acids is 1. The first-order chi connectivity index (χ1) is 9.15. The molecule has 1 aromatic heterocycles. The Balaban J connectivity index is 2.18. The van der Waals surface area contributed by atoms with Crippen LogP contribution in [0.15, 0.2) is 36.4 Å². The summed E-state index contributed by atoms with van der Waals surface area (Å²) in [5.41, 5.74) is 5.95. The lowest BCUT2D eigenvalue weighted by molar-refractivity contribution is -0.117. The molecule has 0 atom stereocenters. The molecule has 0 aliphatic rings. The topological polar surface area (TPSA) is 80.9 Å². The van der Waals surface area contributed by atoms with Gasteiger partial charge in [-0.15, -0.1) is 0 Å². The molecule has 1 heterocycles.